The summed E-state index contributed by atoms with van der Waals surface area (Å²) in [5.41, 5.74) is 1.33. The molecule has 7 rings (SSSR count). The first-order valence-corrected chi connectivity index (χ1v) is 15.3. The fourth-order valence-electron chi connectivity index (χ4n) is 4.82. The highest BCUT2D eigenvalue weighted by Crippen LogP contribution is 2.51. The zero-order valence-corrected chi connectivity index (χ0v) is 26.2. The molecule has 0 atom stereocenters. The van der Waals surface area contributed by atoms with Gasteiger partial charge in [0.05, 0.1) is 5.56 Å². The molecule has 0 saturated heterocycles. The minimum Gasteiger partial charge on any atom is -0.478 e. The molecule has 7 nitrogen and oxygen atoms in total. The molecule has 0 saturated carbocycles. The average molecular weight is 653 g/mol. The number of hydrogen-bond donors (Lipinski definition) is 2. The quantitative estimate of drug-likeness (QED) is 0.125. The molecule has 0 amide bonds. The van der Waals surface area contributed by atoms with Gasteiger partial charge in [0.2, 0.25) is 5.75 Å². The zero-order chi connectivity index (χ0) is 33.3. The molecule has 48 heavy (non-hydrogen) atoms. The first-order valence-electron chi connectivity index (χ1n) is 14.9. The van der Waals surface area contributed by atoms with E-state index in [9.17, 15) is 14.7 Å². The number of para-hydroxylation sites is 3. The fraction of sp³-hybridized carbons (Fsp3) is 0. The number of carbonyl (C=O) groups is 1. The molecule has 1 aromatic heterocycles. The van der Waals surface area contributed by atoms with E-state index in [4.69, 9.17) is 18.6 Å². The predicted octanol–water partition coefficient (Wildman–Crippen LogP) is 10.5. The molecule has 0 spiro atoms. The van der Waals surface area contributed by atoms with E-state index in [-0.39, 0.29) is 28.4 Å². The molecule has 0 aliphatic carbocycles. The van der Waals surface area contributed by atoms with E-state index >= 15 is 0 Å². The van der Waals surface area contributed by atoms with E-state index in [1.807, 2.05) is 109 Å². The standard InChI is InChI=1S/C31H22O5.C9H6O2S/c32-31(33)26-21-27(34-23-15-7-2-8-16-23)29(35-24-17-9-3-10-18-24)30(36-25-19-11-4-12-20-25)28(26)22-13-5-1-6-14-22;10-9-4-2-6-1-3-7(12)5-8(6)11-9/h1-21H,(H,32,33);1-5,12H. The second kappa shape index (κ2) is 14.9. The summed E-state index contributed by atoms with van der Waals surface area (Å²) < 4.78 is 23.8. The van der Waals surface area contributed by atoms with Gasteiger partial charge in [-0.1, -0.05) is 91.0 Å². The Balaban J connectivity index is 0.000000280. The Kier molecular flexibility index (Phi) is 9.84. The van der Waals surface area contributed by atoms with Crippen LogP contribution < -0.4 is 19.8 Å². The van der Waals surface area contributed by atoms with Crippen molar-refractivity contribution in [3.63, 3.8) is 0 Å². The van der Waals surface area contributed by atoms with Gasteiger partial charge in [-0.2, -0.15) is 0 Å². The number of ether oxygens (including phenoxy) is 3. The number of thiol groups is 1. The third-order valence-corrected chi connectivity index (χ3v) is 7.28. The van der Waals surface area contributed by atoms with Gasteiger partial charge in [-0.3, -0.25) is 0 Å². The number of fused-ring (bicyclic) bond motifs is 1. The predicted molar refractivity (Wildman–Crippen MR) is 188 cm³/mol. The number of hydrogen-bond acceptors (Lipinski definition) is 7. The highest BCUT2D eigenvalue weighted by atomic mass is 32.1. The first kappa shape index (κ1) is 31.7. The molecule has 7 aromatic rings. The van der Waals surface area contributed by atoms with Crippen LogP contribution in [0, 0.1) is 0 Å². The van der Waals surface area contributed by atoms with Crippen LogP contribution in [0.2, 0.25) is 0 Å². The molecule has 0 aliphatic rings. The van der Waals surface area contributed by atoms with Crippen LogP contribution in [0.25, 0.3) is 22.1 Å². The monoisotopic (exact) mass is 652 g/mol. The normalized spacial score (nSPS) is 10.4. The summed E-state index contributed by atoms with van der Waals surface area (Å²) in [6.07, 6.45) is 0. The van der Waals surface area contributed by atoms with Gasteiger partial charge in [0.25, 0.3) is 0 Å². The largest absolute Gasteiger partial charge is 0.478 e. The number of rotatable bonds is 8. The van der Waals surface area contributed by atoms with E-state index in [1.54, 1.807) is 36.4 Å². The number of carboxylic acid groups (broad SMARTS) is 1. The molecular formula is C40H28O7S. The third-order valence-electron chi connectivity index (χ3n) is 7.00. The third kappa shape index (κ3) is 7.75. The minimum absolute atomic E-state index is 0.0264. The van der Waals surface area contributed by atoms with E-state index in [1.165, 1.54) is 12.1 Å². The smallest absolute Gasteiger partial charge is 0.336 e. The van der Waals surface area contributed by atoms with Crippen molar-refractivity contribution in [3.8, 4) is 45.6 Å². The molecule has 0 aliphatic heterocycles. The van der Waals surface area contributed by atoms with Gasteiger partial charge >= 0.3 is 11.6 Å². The summed E-state index contributed by atoms with van der Waals surface area (Å²) in [5.74, 6) is 1.21. The lowest BCUT2D eigenvalue weighted by molar-refractivity contribution is 0.0697. The molecule has 6 aromatic carbocycles. The van der Waals surface area contributed by atoms with Gasteiger partial charge in [0.15, 0.2) is 11.5 Å². The van der Waals surface area contributed by atoms with Crippen molar-refractivity contribution in [3.05, 3.63) is 174 Å². The summed E-state index contributed by atoms with van der Waals surface area (Å²) >= 11 is 4.13. The van der Waals surface area contributed by atoms with Gasteiger partial charge < -0.3 is 23.7 Å². The maximum absolute atomic E-state index is 12.5. The maximum atomic E-state index is 12.5. The molecule has 236 valence electrons. The molecule has 1 heterocycles. The molecule has 0 radical (unpaired) electrons. The van der Waals surface area contributed by atoms with Crippen molar-refractivity contribution in [2.24, 2.45) is 0 Å². The van der Waals surface area contributed by atoms with Gasteiger partial charge in [-0.25, -0.2) is 9.59 Å². The van der Waals surface area contributed by atoms with Crippen molar-refractivity contribution >= 4 is 29.6 Å². The summed E-state index contributed by atoms with van der Waals surface area (Å²) in [5, 5.41) is 11.1. The van der Waals surface area contributed by atoms with E-state index < -0.39 is 5.97 Å². The molecule has 1 N–H and O–H groups in total. The molecular weight excluding hydrogens is 625 g/mol. The lowest BCUT2D eigenvalue weighted by Gasteiger charge is -2.21. The number of aromatic carboxylic acids is 1. The Hall–Kier alpha value is -6.25. The first-order chi connectivity index (χ1) is 23.4. The topological polar surface area (TPSA) is 95.2 Å². The van der Waals surface area contributed by atoms with Crippen molar-refractivity contribution < 1.29 is 28.5 Å². The van der Waals surface area contributed by atoms with Crippen LogP contribution in [0.5, 0.6) is 34.5 Å². The Morgan fingerprint density at radius 2 is 1.08 bits per heavy atom. The second-order valence-corrected chi connectivity index (χ2v) is 10.9. The van der Waals surface area contributed by atoms with Crippen LogP contribution >= 0.6 is 12.6 Å². The molecule has 0 bridgehead atoms. The van der Waals surface area contributed by atoms with Crippen LogP contribution in [0.15, 0.2) is 172 Å². The molecule has 8 heteroatoms. The average Bonchev–Trinajstić information content (AvgIpc) is 3.11. The summed E-state index contributed by atoms with van der Waals surface area (Å²) in [6.45, 7) is 0. The lowest BCUT2D eigenvalue weighted by atomic mass is 9.97. The van der Waals surface area contributed by atoms with E-state index in [0.29, 0.717) is 34.0 Å². The van der Waals surface area contributed by atoms with Crippen molar-refractivity contribution in [1.82, 2.24) is 0 Å². The number of benzene rings is 6. The Morgan fingerprint density at radius 1 is 0.583 bits per heavy atom. The lowest BCUT2D eigenvalue weighted by Crippen LogP contribution is -2.05. The SMILES string of the molecule is O=C(O)c1cc(Oc2ccccc2)c(Oc2ccccc2)c(Oc2ccccc2)c1-c1ccccc1.O=c1ccc2ccc(S)cc2o1. The van der Waals surface area contributed by atoms with E-state index in [0.717, 1.165) is 10.3 Å². The molecule has 0 unspecified atom stereocenters. The summed E-state index contributed by atoms with van der Waals surface area (Å²) in [4.78, 5) is 24.1. The highest BCUT2D eigenvalue weighted by molar-refractivity contribution is 7.80. The van der Waals surface area contributed by atoms with Crippen LogP contribution in [-0.4, -0.2) is 11.1 Å². The fourth-order valence-corrected chi connectivity index (χ4v) is 5.02. The van der Waals surface area contributed by atoms with Gasteiger partial charge in [-0.05, 0) is 60.2 Å². The number of carboxylic acids is 1. The summed E-state index contributed by atoms with van der Waals surface area (Å²) in [6, 6.07) is 46.8. The molecule has 0 fully saturated rings. The van der Waals surface area contributed by atoms with Crippen molar-refractivity contribution in [1.29, 1.82) is 0 Å². The van der Waals surface area contributed by atoms with Crippen LogP contribution in [0.4, 0.5) is 0 Å². The van der Waals surface area contributed by atoms with E-state index in [2.05, 4.69) is 12.6 Å². The Morgan fingerprint density at radius 3 is 1.65 bits per heavy atom. The van der Waals surface area contributed by atoms with Gasteiger partial charge in [0.1, 0.15) is 22.8 Å². The minimum atomic E-state index is -1.11. The maximum Gasteiger partial charge on any atom is 0.336 e. The Bertz CT molecular complexity index is 2200. The van der Waals surface area contributed by atoms with Crippen LogP contribution in [0.3, 0.4) is 0 Å². The second-order valence-electron chi connectivity index (χ2n) is 10.3. The van der Waals surface area contributed by atoms with Crippen LogP contribution in [-0.2, 0) is 0 Å². The van der Waals surface area contributed by atoms with Gasteiger partial charge in [-0.15, -0.1) is 12.6 Å². The zero-order valence-electron chi connectivity index (χ0n) is 25.4. The van der Waals surface area contributed by atoms with Crippen molar-refractivity contribution in [2.75, 3.05) is 0 Å². The summed E-state index contributed by atoms with van der Waals surface area (Å²) in [7, 11) is 0. The van der Waals surface area contributed by atoms with Crippen molar-refractivity contribution in [2.45, 2.75) is 4.90 Å². The van der Waals surface area contributed by atoms with Crippen LogP contribution in [0.1, 0.15) is 10.4 Å². The highest BCUT2D eigenvalue weighted by Gasteiger charge is 2.28. The Labute approximate surface area is 281 Å². The van der Waals surface area contributed by atoms with Gasteiger partial charge in [0, 0.05) is 28.0 Å².